The summed E-state index contributed by atoms with van der Waals surface area (Å²) in [6.45, 7) is 1.97. The highest BCUT2D eigenvalue weighted by molar-refractivity contribution is 6.49. The third-order valence-electron chi connectivity index (χ3n) is 5.75. The summed E-state index contributed by atoms with van der Waals surface area (Å²) in [5.74, 6) is -1.87. The van der Waals surface area contributed by atoms with E-state index in [1.807, 2.05) is 13.0 Å². The SMILES string of the molecule is C[C@@]12CCC[C@]3(COC1=O)C1=C(C=C[C@H]32)C(O)=CC(=O)C1=O. The summed E-state index contributed by atoms with van der Waals surface area (Å²) in [5.41, 5.74) is -0.613. The van der Waals surface area contributed by atoms with Crippen LogP contribution in [0.3, 0.4) is 0 Å². The Kier molecular flexibility index (Phi) is 2.43. The van der Waals surface area contributed by atoms with E-state index in [9.17, 15) is 19.5 Å². The first kappa shape index (κ1) is 13.5. The Morgan fingerprint density at radius 2 is 2.05 bits per heavy atom. The molecule has 4 aliphatic rings. The molecule has 0 aromatic heterocycles. The van der Waals surface area contributed by atoms with Crippen LogP contribution in [0.4, 0.5) is 0 Å². The standard InChI is InChI=1S/C17H16O5/c1-16-5-2-6-17(8-22-15(16)21)12(16)4-3-9-10(18)7-11(19)14(20)13(9)17/h3-4,7,12,18H,2,5-6,8H2,1H3/t12-,16-,17+/m0/s1. The smallest absolute Gasteiger partial charge is 0.312 e. The lowest BCUT2D eigenvalue weighted by Crippen LogP contribution is -2.59. The van der Waals surface area contributed by atoms with Crippen LogP contribution >= 0.6 is 0 Å². The zero-order chi connectivity index (χ0) is 15.7. The van der Waals surface area contributed by atoms with E-state index in [-0.39, 0.29) is 24.3 Å². The van der Waals surface area contributed by atoms with Gasteiger partial charge in [0, 0.05) is 28.6 Å². The fourth-order valence-corrected chi connectivity index (χ4v) is 4.69. The molecule has 0 radical (unpaired) electrons. The highest BCUT2D eigenvalue weighted by Crippen LogP contribution is 2.61. The van der Waals surface area contributed by atoms with Crippen molar-refractivity contribution >= 4 is 17.5 Å². The molecular weight excluding hydrogens is 284 g/mol. The van der Waals surface area contributed by atoms with Crippen molar-refractivity contribution < 1.29 is 24.2 Å². The Balaban J connectivity index is 1.96. The van der Waals surface area contributed by atoms with Gasteiger partial charge in [-0.1, -0.05) is 18.6 Å². The molecule has 0 aromatic rings. The van der Waals surface area contributed by atoms with E-state index >= 15 is 0 Å². The number of hydrogen-bond acceptors (Lipinski definition) is 5. The first-order chi connectivity index (χ1) is 10.4. The zero-order valence-corrected chi connectivity index (χ0v) is 12.2. The van der Waals surface area contributed by atoms with Gasteiger partial charge in [-0.3, -0.25) is 14.4 Å². The number of carbonyl (C=O) groups is 3. The molecule has 2 bridgehead atoms. The Morgan fingerprint density at radius 1 is 1.27 bits per heavy atom. The molecule has 2 fully saturated rings. The highest BCUT2D eigenvalue weighted by atomic mass is 16.5. The van der Waals surface area contributed by atoms with Crippen molar-refractivity contribution in [2.24, 2.45) is 16.7 Å². The highest BCUT2D eigenvalue weighted by Gasteiger charge is 2.63. The number of aliphatic hydroxyl groups excluding tert-OH is 1. The van der Waals surface area contributed by atoms with Gasteiger partial charge < -0.3 is 9.84 Å². The molecule has 0 aromatic carbocycles. The minimum Gasteiger partial charge on any atom is -0.507 e. The van der Waals surface area contributed by atoms with Crippen molar-refractivity contribution in [2.45, 2.75) is 26.2 Å². The molecule has 1 aliphatic heterocycles. The van der Waals surface area contributed by atoms with Gasteiger partial charge in [-0.15, -0.1) is 0 Å². The number of rotatable bonds is 0. The fraction of sp³-hybridized carbons (Fsp3) is 0.471. The van der Waals surface area contributed by atoms with Crippen LogP contribution in [0, 0.1) is 16.7 Å². The molecule has 0 amide bonds. The summed E-state index contributed by atoms with van der Waals surface area (Å²) in [4.78, 5) is 36.7. The van der Waals surface area contributed by atoms with Crippen LogP contribution < -0.4 is 0 Å². The van der Waals surface area contributed by atoms with Crippen LogP contribution in [-0.2, 0) is 19.1 Å². The molecule has 3 aliphatic carbocycles. The minimum atomic E-state index is -0.705. The van der Waals surface area contributed by atoms with Crippen LogP contribution in [0.5, 0.6) is 0 Å². The second kappa shape index (κ2) is 3.97. The lowest BCUT2D eigenvalue weighted by atomic mass is 9.48. The summed E-state index contributed by atoms with van der Waals surface area (Å²) in [5, 5.41) is 10.1. The van der Waals surface area contributed by atoms with Crippen molar-refractivity contribution in [1.29, 1.82) is 0 Å². The van der Waals surface area contributed by atoms with E-state index in [4.69, 9.17) is 4.74 Å². The molecular formula is C17H16O5. The van der Waals surface area contributed by atoms with E-state index in [2.05, 4.69) is 0 Å². The molecule has 3 atom stereocenters. The molecule has 22 heavy (non-hydrogen) atoms. The Morgan fingerprint density at radius 3 is 2.82 bits per heavy atom. The molecule has 0 spiro atoms. The summed E-state index contributed by atoms with van der Waals surface area (Å²) < 4.78 is 5.40. The van der Waals surface area contributed by atoms with E-state index in [1.165, 1.54) is 0 Å². The largest absolute Gasteiger partial charge is 0.507 e. The molecule has 114 valence electrons. The number of carbonyl (C=O) groups excluding carboxylic acids is 3. The van der Waals surface area contributed by atoms with E-state index in [1.54, 1.807) is 6.08 Å². The number of hydrogen-bond donors (Lipinski definition) is 1. The van der Waals surface area contributed by atoms with Gasteiger partial charge in [0.25, 0.3) is 0 Å². The molecule has 4 rings (SSSR count). The van der Waals surface area contributed by atoms with Crippen LogP contribution in [0.2, 0.25) is 0 Å². The lowest BCUT2D eigenvalue weighted by Gasteiger charge is -2.56. The van der Waals surface area contributed by atoms with Crippen LogP contribution in [0.1, 0.15) is 26.2 Å². The number of cyclic esters (lactones) is 1. The number of Topliss-reactive ketones (excluding diaryl/α,β-unsaturated/α-hetero) is 1. The summed E-state index contributed by atoms with van der Waals surface area (Å²) in [7, 11) is 0. The fourth-order valence-electron chi connectivity index (χ4n) is 4.69. The minimum absolute atomic E-state index is 0.0988. The maximum absolute atomic E-state index is 12.5. The maximum Gasteiger partial charge on any atom is 0.312 e. The van der Waals surface area contributed by atoms with Crippen molar-refractivity contribution in [2.75, 3.05) is 6.61 Å². The topological polar surface area (TPSA) is 80.7 Å². The van der Waals surface area contributed by atoms with Gasteiger partial charge in [0.1, 0.15) is 12.4 Å². The van der Waals surface area contributed by atoms with Crippen molar-refractivity contribution in [3.8, 4) is 0 Å². The predicted molar refractivity (Wildman–Crippen MR) is 75.7 cm³/mol. The van der Waals surface area contributed by atoms with Gasteiger partial charge in [-0.2, -0.15) is 0 Å². The van der Waals surface area contributed by atoms with Gasteiger partial charge in [0.05, 0.1) is 5.41 Å². The van der Waals surface area contributed by atoms with E-state index < -0.39 is 22.4 Å². The lowest BCUT2D eigenvalue weighted by molar-refractivity contribution is -0.185. The molecule has 1 saturated carbocycles. The number of ketones is 2. The van der Waals surface area contributed by atoms with Gasteiger partial charge >= 0.3 is 5.97 Å². The summed E-state index contributed by atoms with van der Waals surface area (Å²) in [6.07, 6.45) is 6.73. The van der Waals surface area contributed by atoms with Gasteiger partial charge in [-0.05, 0) is 19.8 Å². The van der Waals surface area contributed by atoms with Crippen molar-refractivity contribution in [3.05, 3.63) is 35.1 Å². The first-order valence-electron chi connectivity index (χ1n) is 7.50. The Bertz CT molecular complexity index is 725. The summed E-state index contributed by atoms with van der Waals surface area (Å²) >= 11 is 0. The van der Waals surface area contributed by atoms with Crippen LogP contribution in [0.25, 0.3) is 0 Å². The number of allylic oxidation sites excluding steroid dienone is 3. The van der Waals surface area contributed by atoms with Crippen LogP contribution in [0.15, 0.2) is 35.1 Å². The quantitative estimate of drug-likeness (QED) is 0.419. The average molecular weight is 300 g/mol. The zero-order valence-electron chi connectivity index (χ0n) is 12.2. The Labute approximate surface area is 127 Å². The van der Waals surface area contributed by atoms with Gasteiger partial charge in [0.15, 0.2) is 0 Å². The molecule has 1 N–H and O–H groups in total. The number of esters is 1. The van der Waals surface area contributed by atoms with Crippen molar-refractivity contribution in [1.82, 2.24) is 0 Å². The second-order valence-electron chi connectivity index (χ2n) is 6.85. The van der Waals surface area contributed by atoms with Crippen molar-refractivity contribution in [3.63, 3.8) is 0 Å². The molecule has 1 saturated heterocycles. The molecule has 1 heterocycles. The van der Waals surface area contributed by atoms with Gasteiger partial charge in [-0.25, -0.2) is 0 Å². The third kappa shape index (κ3) is 1.36. The molecule has 5 nitrogen and oxygen atoms in total. The monoisotopic (exact) mass is 300 g/mol. The normalized spacial score (nSPS) is 40.0. The number of ether oxygens (including phenoxy) is 1. The maximum atomic E-state index is 12.5. The first-order valence-corrected chi connectivity index (χ1v) is 7.50. The molecule has 5 heteroatoms. The predicted octanol–water partition coefficient (Wildman–Crippen LogP) is 1.80. The van der Waals surface area contributed by atoms with Crippen LogP contribution in [-0.4, -0.2) is 29.2 Å². The average Bonchev–Trinajstić information content (AvgIpc) is 2.48. The Hall–Kier alpha value is -2.17. The third-order valence-corrected chi connectivity index (χ3v) is 5.75. The second-order valence-corrected chi connectivity index (χ2v) is 6.85. The van der Waals surface area contributed by atoms with E-state index in [0.29, 0.717) is 24.0 Å². The summed E-state index contributed by atoms with van der Waals surface area (Å²) in [6, 6.07) is 0. The number of aliphatic hydroxyl groups is 1. The van der Waals surface area contributed by atoms with E-state index in [0.717, 1.165) is 12.5 Å². The van der Waals surface area contributed by atoms with Gasteiger partial charge in [0.2, 0.25) is 11.6 Å². The molecule has 0 unspecified atom stereocenters.